The Morgan fingerprint density at radius 3 is 2.67 bits per heavy atom. The molecule has 1 unspecified atom stereocenters. The quantitative estimate of drug-likeness (QED) is 0.768. The number of carbonyl (C=O) groups excluding carboxylic acids is 1. The highest BCUT2D eigenvalue weighted by Gasteiger charge is 2.44. The van der Waals surface area contributed by atoms with E-state index >= 15 is 0 Å². The Morgan fingerprint density at radius 2 is 1.93 bits per heavy atom. The molecule has 0 aromatic heterocycles. The number of likely N-dealkylation sites (tertiary alicyclic amines) is 2. The summed E-state index contributed by atoms with van der Waals surface area (Å²) < 4.78 is 5.91. The Labute approximate surface area is 163 Å². The molecule has 0 saturated carbocycles. The number of nitrogens with zero attached hydrogens (tertiary/aromatic N) is 2. The second-order valence-electron chi connectivity index (χ2n) is 8.87. The van der Waals surface area contributed by atoms with Crippen molar-refractivity contribution in [2.75, 3.05) is 39.3 Å². The number of amides is 1. The summed E-state index contributed by atoms with van der Waals surface area (Å²) in [5.41, 5.74) is 1.62. The monoisotopic (exact) mass is 370 g/mol. The maximum Gasteiger partial charge on any atom is 0.223 e. The van der Waals surface area contributed by atoms with E-state index in [2.05, 4.69) is 40.1 Å². The fraction of sp³-hybridized carbons (Fsp3) is 0.696. The summed E-state index contributed by atoms with van der Waals surface area (Å²) in [7, 11) is 0. The van der Waals surface area contributed by atoms with Crippen LogP contribution in [0.4, 0.5) is 0 Å². The molecule has 4 rings (SSSR count). The molecule has 3 aliphatic rings. The van der Waals surface area contributed by atoms with Crippen molar-refractivity contribution in [3.8, 4) is 0 Å². The Hall–Kier alpha value is -1.39. The Kier molecular flexibility index (Phi) is 6.14. The maximum absolute atomic E-state index is 12.6. The van der Waals surface area contributed by atoms with E-state index in [1.54, 1.807) is 0 Å². The second-order valence-corrected chi connectivity index (χ2v) is 8.87. The van der Waals surface area contributed by atoms with Crippen LogP contribution in [0.2, 0.25) is 0 Å². The number of hydrogen-bond donors (Lipinski definition) is 0. The lowest BCUT2D eigenvalue weighted by atomic mass is 9.77. The van der Waals surface area contributed by atoms with Gasteiger partial charge in [0, 0.05) is 32.7 Å². The number of ether oxygens (including phenoxy) is 1. The van der Waals surface area contributed by atoms with E-state index in [1.165, 1.54) is 37.7 Å². The van der Waals surface area contributed by atoms with E-state index in [9.17, 15) is 4.79 Å². The van der Waals surface area contributed by atoms with Crippen LogP contribution in [0.5, 0.6) is 0 Å². The van der Waals surface area contributed by atoms with E-state index in [0.717, 1.165) is 58.6 Å². The fourth-order valence-electron chi connectivity index (χ4n) is 5.09. The summed E-state index contributed by atoms with van der Waals surface area (Å²) in [6, 6.07) is 10.6. The van der Waals surface area contributed by atoms with E-state index in [4.69, 9.17) is 4.74 Å². The van der Waals surface area contributed by atoms with Crippen LogP contribution in [-0.4, -0.2) is 61.1 Å². The molecule has 1 atom stereocenters. The molecule has 1 spiro atoms. The van der Waals surface area contributed by atoms with Gasteiger partial charge in [-0.05, 0) is 69.0 Å². The Bertz CT molecular complexity index is 604. The smallest absolute Gasteiger partial charge is 0.223 e. The third-order valence-electron chi connectivity index (χ3n) is 6.79. The van der Waals surface area contributed by atoms with Crippen LogP contribution in [0.25, 0.3) is 0 Å². The molecule has 3 aliphatic heterocycles. The van der Waals surface area contributed by atoms with E-state index < -0.39 is 0 Å². The first-order chi connectivity index (χ1) is 13.2. The zero-order valence-electron chi connectivity index (χ0n) is 16.6. The summed E-state index contributed by atoms with van der Waals surface area (Å²) >= 11 is 0. The van der Waals surface area contributed by atoms with E-state index in [-0.39, 0.29) is 5.41 Å². The van der Waals surface area contributed by atoms with Crippen molar-refractivity contribution in [1.29, 1.82) is 0 Å². The molecule has 3 fully saturated rings. The van der Waals surface area contributed by atoms with Gasteiger partial charge in [0.15, 0.2) is 0 Å². The molecule has 0 aliphatic carbocycles. The number of piperidine rings is 1. The maximum atomic E-state index is 12.6. The highest BCUT2D eigenvalue weighted by atomic mass is 16.5. The molecule has 27 heavy (non-hydrogen) atoms. The van der Waals surface area contributed by atoms with Crippen molar-refractivity contribution in [2.45, 2.75) is 57.5 Å². The molecule has 148 valence electrons. The summed E-state index contributed by atoms with van der Waals surface area (Å²) in [4.78, 5) is 17.3. The van der Waals surface area contributed by atoms with Crippen LogP contribution < -0.4 is 0 Å². The molecular weight excluding hydrogens is 336 g/mol. The van der Waals surface area contributed by atoms with Crippen molar-refractivity contribution >= 4 is 5.91 Å². The average Bonchev–Trinajstić information content (AvgIpc) is 3.01. The van der Waals surface area contributed by atoms with Gasteiger partial charge in [-0.3, -0.25) is 4.79 Å². The van der Waals surface area contributed by atoms with E-state index in [1.807, 2.05) is 0 Å². The minimum Gasteiger partial charge on any atom is -0.377 e. The minimum atomic E-state index is 0.244. The molecule has 1 aromatic carbocycles. The van der Waals surface area contributed by atoms with Gasteiger partial charge >= 0.3 is 0 Å². The second kappa shape index (κ2) is 8.74. The van der Waals surface area contributed by atoms with Crippen molar-refractivity contribution in [3.63, 3.8) is 0 Å². The van der Waals surface area contributed by atoms with Crippen molar-refractivity contribution in [2.24, 2.45) is 5.41 Å². The van der Waals surface area contributed by atoms with Crippen LogP contribution >= 0.6 is 0 Å². The number of rotatable bonds is 6. The predicted molar refractivity (Wildman–Crippen MR) is 108 cm³/mol. The molecule has 1 amide bonds. The number of carbonyl (C=O) groups is 1. The first-order valence-electron chi connectivity index (χ1n) is 10.9. The lowest BCUT2D eigenvalue weighted by molar-refractivity contribution is -0.127. The van der Waals surface area contributed by atoms with Crippen LogP contribution in [0.15, 0.2) is 30.3 Å². The minimum absolute atomic E-state index is 0.244. The lowest BCUT2D eigenvalue weighted by Crippen LogP contribution is -2.45. The van der Waals surface area contributed by atoms with Crippen LogP contribution in [0, 0.1) is 5.41 Å². The molecule has 3 heterocycles. The van der Waals surface area contributed by atoms with Crippen LogP contribution in [-0.2, 0) is 16.0 Å². The molecule has 0 N–H and O–H groups in total. The summed E-state index contributed by atoms with van der Waals surface area (Å²) in [6.45, 7) is 6.18. The highest BCUT2D eigenvalue weighted by molar-refractivity contribution is 5.79. The van der Waals surface area contributed by atoms with Crippen molar-refractivity contribution in [3.05, 3.63) is 35.9 Å². The summed E-state index contributed by atoms with van der Waals surface area (Å²) in [5, 5.41) is 0. The number of aryl methyl sites for hydroxylation is 1. The van der Waals surface area contributed by atoms with Gasteiger partial charge in [-0.25, -0.2) is 0 Å². The third-order valence-corrected chi connectivity index (χ3v) is 6.79. The van der Waals surface area contributed by atoms with Gasteiger partial charge in [-0.1, -0.05) is 30.3 Å². The summed E-state index contributed by atoms with van der Waals surface area (Å²) in [5.74, 6) is 0.382. The zero-order chi connectivity index (χ0) is 18.5. The SMILES string of the molecule is O=C1CC2(CCN(CC3CCCCO3)CC2)CN1CCCc1ccccc1. The van der Waals surface area contributed by atoms with Gasteiger partial charge in [0.25, 0.3) is 0 Å². The predicted octanol–water partition coefficient (Wildman–Crippen LogP) is 3.50. The first kappa shape index (κ1) is 18.9. The molecular formula is C23H34N2O2. The first-order valence-corrected chi connectivity index (χ1v) is 10.9. The van der Waals surface area contributed by atoms with Gasteiger partial charge in [0.2, 0.25) is 5.91 Å². The lowest BCUT2D eigenvalue weighted by Gasteiger charge is -2.40. The topological polar surface area (TPSA) is 32.8 Å². The number of hydrogen-bond acceptors (Lipinski definition) is 3. The molecule has 4 heteroatoms. The number of benzene rings is 1. The average molecular weight is 371 g/mol. The van der Waals surface area contributed by atoms with Crippen molar-refractivity contribution < 1.29 is 9.53 Å². The van der Waals surface area contributed by atoms with Gasteiger partial charge in [-0.15, -0.1) is 0 Å². The normalized spacial score (nSPS) is 26.0. The zero-order valence-corrected chi connectivity index (χ0v) is 16.6. The summed E-state index contributed by atoms with van der Waals surface area (Å²) in [6.07, 6.45) is 9.43. The van der Waals surface area contributed by atoms with Crippen LogP contribution in [0.3, 0.4) is 0 Å². The molecule has 3 saturated heterocycles. The molecule has 0 bridgehead atoms. The highest BCUT2D eigenvalue weighted by Crippen LogP contribution is 2.41. The Morgan fingerprint density at radius 1 is 1.11 bits per heavy atom. The molecule has 4 nitrogen and oxygen atoms in total. The standard InChI is InChI=1S/C23H34N2O2/c26-22-17-23(19-25(22)13-6-9-20-7-2-1-3-8-20)11-14-24(15-12-23)18-21-10-4-5-16-27-21/h1-3,7-8,21H,4-6,9-19H2. The van der Waals surface area contributed by atoms with Gasteiger partial charge in [0.1, 0.15) is 0 Å². The molecule has 0 radical (unpaired) electrons. The largest absolute Gasteiger partial charge is 0.377 e. The molecule has 1 aromatic rings. The fourth-order valence-corrected chi connectivity index (χ4v) is 5.09. The van der Waals surface area contributed by atoms with E-state index in [0.29, 0.717) is 12.0 Å². The van der Waals surface area contributed by atoms with Gasteiger partial charge in [-0.2, -0.15) is 0 Å². The van der Waals surface area contributed by atoms with Crippen molar-refractivity contribution in [1.82, 2.24) is 9.80 Å². The van der Waals surface area contributed by atoms with Gasteiger partial charge in [0.05, 0.1) is 6.10 Å². The van der Waals surface area contributed by atoms with Gasteiger partial charge < -0.3 is 14.5 Å². The van der Waals surface area contributed by atoms with Crippen LogP contribution in [0.1, 0.15) is 50.5 Å². The Balaban J connectivity index is 1.21. The third kappa shape index (κ3) is 4.91.